The first kappa shape index (κ1) is 24.8. The monoisotopic (exact) mass is 538 g/mol. The van der Waals surface area contributed by atoms with E-state index in [1.165, 1.54) is 6.26 Å². The van der Waals surface area contributed by atoms with Gasteiger partial charge in [0.25, 0.3) is 0 Å². The first-order valence-electron chi connectivity index (χ1n) is 12.6. The molecule has 0 radical (unpaired) electrons. The summed E-state index contributed by atoms with van der Waals surface area (Å²) in [7, 11) is -3.30. The molecule has 1 amide bonds. The number of aromatic nitrogens is 3. The zero-order chi connectivity index (χ0) is 27.2. The van der Waals surface area contributed by atoms with Gasteiger partial charge in [-0.05, 0) is 48.6 Å². The molecular formula is C30H26N4O4S. The van der Waals surface area contributed by atoms with Gasteiger partial charge in [0, 0.05) is 22.9 Å². The minimum Gasteiger partial charge on any atom is -0.465 e. The molecule has 196 valence electrons. The fourth-order valence-corrected chi connectivity index (χ4v) is 5.83. The van der Waals surface area contributed by atoms with E-state index in [4.69, 9.17) is 5.10 Å². The lowest BCUT2D eigenvalue weighted by molar-refractivity contribution is 0.144. The van der Waals surface area contributed by atoms with Crippen molar-refractivity contribution in [1.82, 2.24) is 19.9 Å². The zero-order valence-corrected chi connectivity index (χ0v) is 22.0. The molecule has 2 N–H and O–H groups in total. The van der Waals surface area contributed by atoms with E-state index in [-0.39, 0.29) is 4.90 Å². The van der Waals surface area contributed by atoms with Crippen LogP contribution in [0.3, 0.4) is 0 Å². The molecular weight excluding hydrogens is 512 g/mol. The Labute approximate surface area is 225 Å². The zero-order valence-electron chi connectivity index (χ0n) is 21.2. The summed E-state index contributed by atoms with van der Waals surface area (Å²) >= 11 is 0. The normalized spacial score (nSPS) is 14.6. The van der Waals surface area contributed by atoms with Gasteiger partial charge in [-0.2, -0.15) is 5.10 Å². The van der Waals surface area contributed by atoms with Crippen LogP contribution in [0.25, 0.3) is 39.3 Å². The van der Waals surface area contributed by atoms with Crippen LogP contribution in [0.15, 0.2) is 96.0 Å². The number of imidazole rings is 1. The average Bonchev–Trinajstić information content (AvgIpc) is 3.33. The molecule has 2 aromatic heterocycles. The third kappa shape index (κ3) is 4.55. The largest absolute Gasteiger partial charge is 0.465 e. The summed E-state index contributed by atoms with van der Waals surface area (Å²) < 4.78 is 25.6. The van der Waals surface area contributed by atoms with Gasteiger partial charge in [0.05, 0.1) is 28.0 Å². The molecule has 1 aliphatic carbocycles. The highest BCUT2D eigenvalue weighted by Crippen LogP contribution is 2.42. The Bertz CT molecular complexity index is 1790. The minimum atomic E-state index is -3.30. The van der Waals surface area contributed by atoms with Crippen molar-refractivity contribution in [3.8, 4) is 33.6 Å². The lowest BCUT2D eigenvalue weighted by atomic mass is 9.71. The Morgan fingerprint density at radius 1 is 0.923 bits per heavy atom. The lowest BCUT2D eigenvalue weighted by Crippen LogP contribution is -2.50. The van der Waals surface area contributed by atoms with E-state index < -0.39 is 21.5 Å². The van der Waals surface area contributed by atoms with Crippen molar-refractivity contribution in [2.24, 2.45) is 0 Å². The van der Waals surface area contributed by atoms with Crippen LogP contribution in [0, 0.1) is 0 Å². The van der Waals surface area contributed by atoms with Crippen molar-refractivity contribution in [3.05, 3.63) is 96.7 Å². The molecule has 2 heterocycles. The number of benzene rings is 3. The molecule has 1 aliphatic rings. The number of nitrogens with zero attached hydrogens (tertiary/aromatic N) is 3. The number of carboxylic acid groups (broad SMARTS) is 1. The molecule has 39 heavy (non-hydrogen) atoms. The highest BCUT2D eigenvalue weighted by atomic mass is 32.2. The van der Waals surface area contributed by atoms with Crippen molar-refractivity contribution >= 4 is 21.6 Å². The van der Waals surface area contributed by atoms with Crippen molar-refractivity contribution in [2.75, 3.05) is 6.26 Å². The van der Waals surface area contributed by atoms with Crippen molar-refractivity contribution in [1.29, 1.82) is 0 Å². The number of nitrogens with one attached hydrogen (secondary N) is 1. The van der Waals surface area contributed by atoms with Gasteiger partial charge >= 0.3 is 6.09 Å². The fourth-order valence-electron chi connectivity index (χ4n) is 5.20. The highest BCUT2D eigenvalue weighted by Gasteiger charge is 2.40. The second-order valence-electron chi connectivity index (χ2n) is 9.93. The van der Waals surface area contributed by atoms with Crippen LogP contribution in [0.1, 0.15) is 24.8 Å². The summed E-state index contributed by atoms with van der Waals surface area (Å²) in [6.07, 6.45) is 4.42. The second kappa shape index (κ2) is 9.36. The van der Waals surface area contributed by atoms with E-state index >= 15 is 0 Å². The van der Waals surface area contributed by atoms with Crippen LogP contribution in [0.2, 0.25) is 0 Å². The summed E-state index contributed by atoms with van der Waals surface area (Å²) in [6, 6.07) is 26.6. The summed E-state index contributed by atoms with van der Waals surface area (Å²) in [5, 5.41) is 17.1. The van der Waals surface area contributed by atoms with Gasteiger partial charge in [0.2, 0.25) is 0 Å². The van der Waals surface area contributed by atoms with Gasteiger partial charge in [-0.3, -0.25) is 0 Å². The molecule has 0 spiro atoms. The van der Waals surface area contributed by atoms with Gasteiger partial charge in [0.15, 0.2) is 15.5 Å². The third-order valence-corrected chi connectivity index (χ3v) is 8.55. The maximum absolute atomic E-state index is 11.9. The van der Waals surface area contributed by atoms with Crippen molar-refractivity contribution in [2.45, 2.75) is 29.7 Å². The maximum atomic E-state index is 11.9. The molecule has 0 bridgehead atoms. The number of carbonyl (C=O) groups is 1. The maximum Gasteiger partial charge on any atom is 0.405 e. The summed E-state index contributed by atoms with van der Waals surface area (Å²) in [4.78, 5) is 16.3. The Hall–Kier alpha value is -4.50. The molecule has 0 unspecified atom stereocenters. The smallest absolute Gasteiger partial charge is 0.405 e. The third-order valence-electron chi connectivity index (χ3n) is 7.42. The van der Waals surface area contributed by atoms with Crippen LogP contribution in [0.4, 0.5) is 4.79 Å². The van der Waals surface area contributed by atoms with E-state index in [0.717, 1.165) is 58.5 Å². The second-order valence-corrected chi connectivity index (χ2v) is 11.9. The summed E-state index contributed by atoms with van der Waals surface area (Å²) in [5.74, 6) is 0. The van der Waals surface area contributed by atoms with Crippen LogP contribution in [0.5, 0.6) is 0 Å². The van der Waals surface area contributed by atoms with Gasteiger partial charge in [-0.15, -0.1) is 0 Å². The Morgan fingerprint density at radius 3 is 2.18 bits per heavy atom. The molecule has 8 nitrogen and oxygen atoms in total. The number of sulfone groups is 1. The standard InChI is InChI=1S/C30H26N4O4S/c1-39(37,38)24-14-10-21(11-15-24)26-19-31-27-18-25(20-6-3-2-4-7-20)28(33-34(26)27)22-8-12-23(13-9-22)30(16-5-17-30)32-29(35)36/h2-4,6-15,18-19,32H,5,16-17H2,1H3,(H,35,36). The number of rotatable bonds is 6. The molecule has 1 fully saturated rings. The van der Waals surface area contributed by atoms with E-state index in [1.54, 1.807) is 35.0 Å². The van der Waals surface area contributed by atoms with Gasteiger partial charge in [-0.1, -0.05) is 66.7 Å². The molecule has 9 heteroatoms. The van der Waals surface area contributed by atoms with Crippen LogP contribution in [-0.4, -0.2) is 40.5 Å². The lowest BCUT2D eigenvalue weighted by Gasteiger charge is -2.42. The van der Waals surface area contributed by atoms with E-state index in [0.29, 0.717) is 5.65 Å². The number of fused-ring (bicyclic) bond motifs is 1. The molecule has 1 saturated carbocycles. The molecule has 0 atom stereocenters. The van der Waals surface area contributed by atoms with E-state index in [9.17, 15) is 18.3 Å². The number of hydrogen-bond donors (Lipinski definition) is 2. The fraction of sp³-hybridized carbons (Fsp3) is 0.167. The molecule has 5 aromatic rings. The summed E-state index contributed by atoms with van der Waals surface area (Å²) in [5.41, 5.74) is 6.15. The molecule has 3 aromatic carbocycles. The Morgan fingerprint density at radius 2 is 1.59 bits per heavy atom. The highest BCUT2D eigenvalue weighted by molar-refractivity contribution is 7.90. The predicted molar refractivity (Wildman–Crippen MR) is 149 cm³/mol. The average molecular weight is 539 g/mol. The first-order chi connectivity index (χ1) is 18.7. The SMILES string of the molecule is CS(=O)(=O)c1ccc(-c2cnc3cc(-c4ccccc4)c(-c4ccc(C5(NC(=O)O)CCC5)cc4)nn23)cc1. The predicted octanol–water partition coefficient (Wildman–Crippen LogP) is 5.78. The summed E-state index contributed by atoms with van der Waals surface area (Å²) in [6.45, 7) is 0. The molecule has 0 saturated heterocycles. The first-order valence-corrected chi connectivity index (χ1v) is 14.5. The molecule has 6 rings (SSSR count). The van der Waals surface area contributed by atoms with Gasteiger partial charge in [-0.25, -0.2) is 22.7 Å². The van der Waals surface area contributed by atoms with Crippen LogP contribution in [-0.2, 0) is 15.4 Å². The number of hydrogen-bond acceptors (Lipinski definition) is 5. The quantitative estimate of drug-likeness (QED) is 0.283. The molecule has 0 aliphatic heterocycles. The minimum absolute atomic E-state index is 0.252. The van der Waals surface area contributed by atoms with Crippen LogP contribution < -0.4 is 5.32 Å². The van der Waals surface area contributed by atoms with Gasteiger partial charge in [0.1, 0.15) is 0 Å². The van der Waals surface area contributed by atoms with Gasteiger partial charge < -0.3 is 10.4 Å². The van der Waals surface area contributed by atoms with Crippen LogP contribution >= 0.6 is 0 Å². The van der Waals surface area contributed by atoms with Crippen molar-refractivity contribution in [3.63, 3.8) is 0 Å². The van der Waals surface area contributed by atoms with Crippen molar-refractivity contribution < 1.29 is 18.3 Å². The Balaban J connectivity index is 1.47. The Kier molecular flexibility index (Phi) is 5.95. The van der Waals surface area contributed by atoms with E-state index in [1.807, 2.05) is 60.7 Å². The number of amides is 1. The van der Waals surface area contributed by atoms with E-state index in [2.05, 4.69) is 10.3 Å². The topological polar surface area (TPSA) is 114 Å².